The predicted octanol–water partition coefficient (Wildman–Crippen LogP) is 12.8. The zero-order valence-corrected chi connectivity index (χ0v) is 25.8. The highest BCUT2D eigenvalue weighted by Gasteiger charge is 2.22. The van der Waals surface area contributed by atoms with E-state index < -0.39 is 0 Å². The molecule has 5 heteroatoms. The maximum absolute atomic E-state index is 5.12. The number of rotatable bonds is 3. The lowest BCUT2D eigenvalue weighted by Crippen LogP contribution is -2.11. The largest absolute Gasteiger partial charge is 0.294 e. The smallest absolute Gasteiger partial charge is 0.155 e. The number of hydrogen-bond acceptors (Lipinski definition) is 5. The van der Waals surface area contributed by atoms with Crippen LogP contribution in [0.4, 0.5) is 17.2 Å². The zero-order chi connectivity index (χ0) is 28.8. The molecule has 0 bridgehead atoms. The summed E-state index contributed by atoms with van der Waals surface area (Å²) in [5.41, 5.74) is 2.23. The van der Waals surface area contributed by atoms with Gasteiger partial charge in [0.2, 0.25) is 0 Å². The van der Waals surface area contributed by atoms with E-state index in [2.05, 4.69) is 132 Å². The minimum Gasteiger partial charge on any atom is -0.294 e. The van der Waals surface area contributed by atoms with E-state index >= 15 is 0 Å². The van der Waals surface area contributed by atoms with Crippen molar-refractivity contribution in [3.05, 3.63) is 134 Å². The molecule has 2 nitrogen and oxygen atoms in total. The SMILES string of the molecule is c1ccc2c(c1)ccc1c3ccnc(N(c4ccc5c(c4)sc4ccccc45)c4ccc5c(c4)sc4ccccc45)c3sc21. The van der Waals surface area contributed by atoms with Gasteiger partial charge in [-0.25, -0.2) is 4.98 Å². The molecular formula is C39H22N2S3. The van der Waals surface area contributed by atoms with Crippen LogP contribution in [0.3, 0.4) is 0 Å². The molecule has 0 saturated carbocycles. The summed E-state index contributed by atoms with van der Waals surface area (Å²) in [7, 11) is 0. The highest BCUT2D eigenvalue weighted by atomic mass is 32.1. The Balaban J connectivity index is 1.27. The van der Waals surface area contributed by atoms with Crippen molar-refractivity contribution >= 4 is 122 Å². The van der Waals surface area contributed by atoms with Gasteiger partial charge in [0.15, 0.2) is 5.82 Å². The number of aromatic nitrogens is 1. The maximum atomic E-state index is 5.12. The Labute approximate surface area is 264 Å². The third kappa shape index (κ3) is 3.55. The highest BCUT2D eigenvalue weighted by Crippen LogP contribution is 2.47. The molecule has 0 spiro atoms. The molecule has 0 N–H and O–H groups in total. The third-order valence-electron chi connectivity index (χ3n) is 8.71. The summed E-state index contributed by atoms with van der Waals surface area (Å²) in [6.07, 6.45) is 1.97. The fourth-order valence-electron chi connectivity index (χ4n) is 6.68. The Hall–Kier alpha value is -4.81. The minimum atomic E-state index is 0.966. The number of benzene rings is 6. The van der Waals surface area contributed by atoms with Gasteiger partial charge < -0.3 is 0 Å². The van der Waals surface area contributed by atoms with Crippen LogP contribution >= 0.6 is 34.0 Å². The van der Waals surface area contributed by atoms with E-state index in [1.807, 2.05) is 40.2 Å². The van der Waals surface area contributed by atoms with Crippen LogP contribution in [-0.4, -0.2) is 4.98 Å². The third-order valence-corrected chi connectivity index (χ3v) is 12.2. The molecule has 4 aromatic heterocycles. The molecule has 0 unspecified atom stereocenters. The van der Waals surface area contributed by atoms with Crippen LogP contribution in [0.5, 0.6) is 0 Å². The first-order chi connectivity index (χ1) is 21.8. The Kier molecular flexibility index (Phi) is 5.23. The molecule has 0 aliphatic rings. The lowest BCUT2D eigenvalue weighted by Gasteiger charge is -2.25. The number of fused-ring (bicyclic) bond motifs is 11. The lowest BCUT2D eigenvalue weighted by atomic mass is 10.1. The van der Waals surface area contributed by atoms with Crippen molar-refractivity contribution in [2.75, 3.05) is 4.90 Å². The Morgan fingerprint density at radius 3 is 1.64 bits per heavy atom. The van der Waals surface area contributed by atoms with Crippen LogP contribution in [-0.2, 0) is 0 Å². The molecule has 44 heavy (non-hydrogen) atoms. The van der Waals surface area contributed by atoms with Gasteiger partial charge in [-0.05, 0) is 53.2 Å². The molecule has 0 amide bonds. The maximum Gasteiger partial charge on any atom is 0.155 e. The monoisotopic (exact) mass is 614 g/mol. The van der Waals surface area contributed by atoms with E-state index in [1.165, 1.54) is 71.3 Å². The number of hydrogen-bond donors (Lipinski definition) is 0. The molecule has 206 valence electrons. The van der Waals surface area contributed by atoms with Gasteiger partial charge in [-0.1, -0.05) is 84.9 Å². The molecule has 10 aromatic rings. The van der Waals surface area contributed by atoms with Gasteiger partial charge in [-0.2, -0.15) is 0 Å². The van der Waals surface area contributed by atoms with Crippen molar-refractivity contribution in [1.82, 2.24) is 4.98 Å². The Bertz CT molecular complexity index is 2630. The predicted molar refractivity (Wildman–Crippen MR) is 195 cm³/mol. The van der Waals surface area contributed by atoms with Gasteiger partial charge in [0, 0.05) is 73.4 Å². The molecular weight excluding hydrogens is 593 g/mol. The molecule has 0 radical (unpaired) electrons. The minimum absolute atomic E-state index is 0.966. The summed E-state index contributed by atoms with van der Waals surface area (Å²) in [4.78, 5) is 7.49. The normalized spacial score (nSPS) is 12.1. The topological polar surface area (TPSA) is 16.1 Å². The first-order valence-corrected chi connectivity index (χ1v) is 17.1. The Morgan fingerprint density at radius 1 is 0.409 bits per heavy atom. The van der Waals surface area contributed by atoms with Gasteiger partial charge in [0.05, 0.1) is 4.70 Å². The summed E-state index contributed by atoms with van der Waals surface area (Å²) in [5, 5.41) is 10.3. The lowest BCUT2D eigenvalue weighted by molar-refractivity contribution is 1.21. The molecule has 0 aliphatic carbocycles. The summed E-state index contributed by atoms with van der Waals surface area (Å²) >= 11 is 5.56. The molecule has 10 rings (SSSR count). The average Bonchev–Trinajstić information content (AvgIpc) is 3.76. The van der Waals surface area contributed by atoms with Gasteiger partial charge in [-0.3, -0.25) is 4.90 Å². The molecule has 0 aliphatic heterocycles. The number of anilines is 3. The van der Waals surface area contributed by atoms with E-state index in [-0.39, 0.29) is 0 Å². The summed E-state index contributed by atoms with van der Waals surface area (Å²) in [5.74, 6) is 0.966. The van der Waals surface area contributed by atoms with Crippen molar-refractivity contribution in [2.45, 2.75) is 0 Å². The number of thiophene rings is 3. The first kappa shape index (κ1) is 24.6. The van der Waals surface area contributed by atoms with Crippen molar-refractivity contribution in [1.29, 1.82) is 0 Å². The van der Waals surface area contributed by atoms with Crippen LogP contribution in [0.1, 0.15) is 0 Å². The molecule has 0 fully saturated rings. The van der Waals surface area contributed by atoms with Crippen LogP contribution in [0.2, 0.25) is 0 Å². The molecule has 0 saturated heterocycles. The average molecular weight is 615 g/mol. The molecule has 4 heterocycles. The first-order valence-electron chi connectivity index (χ1n) is 14.6. The zero-order valence-electron chi connectivity index (χ0n) is 23.3. The molecule has 0 atom stereocenters. The number of nitrogens with zero attached hydrogens (tertiary/aromatic N) is 2. The van der Waals surface area contributed by atoms with Gasteiger partial charge in [0.25, 0.3) is 0 Å². The second-order valence-corrected chi connectivity index (χ2v) is 14.4. The highest BCUT2D eigenvalue weighted by molar-refractivity contribution is 7.27. The van der Waals surface area contributed by atoms with Gasteiger partial charge >= 0.3 is 0 Å². The summed E-state index contributed by atoms with van der Waals surface area (Å²) in [6, 6.07) is 46.6. The van der Waals surface area contributed by atoms with Crippen LogP contribution in [0.25, 0.3) is 71.3 Å². The van der Waals surface area contributed by atoms with Gasteiger partial charge in [0.1, 0.15) is 0 Å². The van der Waals surface area contributed by atoms with E-state index in [0.29, 0.717) is 0 Å². The van der Waals surface area contributed by atoms with Gasteiger partial charge in [-0.15, -0.1) is 34.0 Å². The summed E-state index contributed by atoms with van der Waals surface area (Å²) < 4.78 is 7.71. The van der Waals surface area contributed by atoms with E-state index in [9.17, 15) is 0 Å². The van der Waals surface area contributed by atoms with Crippen molar-refractivity contribution < 1.29 is 0 Å². The molecule has 6 aromatic carbocycles. The standard InChI is InChI=1S/C39H22N2S3/c1-2-8-26-23(7-1)13-16-31-32-19-20-40-39(38(32)44-37(26)31)41(24-14-17-29-27-9-3-5-11-33(27)42-35(29)21-24)25-15-18-30-28-10-4-6-12-34(28)43-36(30)22-25/h1-22H. The summed E-state index contributed by atoms with van der Waals surface area (Å²) in [6.45, 7) is 0. The van der Waals surface area contributed by atoms with Crippen molar-refractivity contribution in [3.8, 4) is 0 Å². The Morgan fingerprint density at radius 2 is 0.955 bits per heavy atom. The fourth-order valence-corrected chi connectivity index (χ4v) is 10.3. The van der Waals surface area contributed by atoms with E-state index in [1.54, 1.807) is 0 Å². The van der Waals surface area contributed by atoms with Crippen molar-refractivity contribution in [3.63, 3.8) is 0 Å². The quantitative estimate of drug-likeness (QED) is 0.197. The second kappa shape index (κ2) is 9.34. The number of pyridine rings is 1. The van der Waals surface area contributed by atoms with Crippen molar-refractivity contribution in [2.24, 2.45) is 0 Å². The fraction of sp³-hybridized carbons (Fsp3) is 0. The van der Waals surface area contributed by atoms with E-state index in [4.69, 9.17) is 4.98 Å². The van der Waals surface area contributed by atoms with Crippen LogP contribution < -0.4 is 4.90 Å². The van der Waals surface area contributed by atoms with Crippen LogP contribution in [0.15, 0.2) is 134 Å². The van der Waals surface area contributed by atoms with Crippen LogP contribution in [0, 0.1) is 0 Å². The second-order valence-electron chi connectivity index (χ2n) is 11.2. The van der Waals surface area contributed by atoms with E-state index in [0.717, 1.165) is 17.2 Å².